The van der Waals surface area contributed by atoms with Gasteiger partial charge in [0.2, 0.25) is 5.91 Å². The molecular formula is C61H119NO5. The van der Waals surface area contributed by atoms with E-state index in [2.05, 4.69) is 19.2 Å². The number of allylic oxidation sites excluding steroid dienone is 1. The quantitative estimate of drug-likeness (QED) is 0.0321. The van der Waals surface area contributed by atoms with Crippen LogP contribution in [0.1, 0.15) is 341 Å². The van der Waals surface area contributed by atoms with Crippen LogP contribution < -0.4 is 5.32 Å². The molecule has 6 nitrogen and oxygen atoms in total. The molecule has 0 aliphatic rings. The molecule has 0 heterocycles. The van der Waals surface area contributed by atoms with Crippen LogP contribution in [-0.4, -0.2) is 47.4 Å². The van der Waals surface area contributed by atoms with Crippen LogP contribution in [0, 0.1) is 0 Å². The van der Waals surface area contributed by atoms with E-state index in [0.29, 0.717) is 19.4 Å². The van der Waals surface area contributed by atoms with Crippen molar-refractivity contribution in [3.05, 3.63) is 12.2 Å². The first kappa shape index (κ1) is 65.6. The highest BCUT2D eigenvalue weighted by atomic mass is 16.5. The fraction of sp³-hybridized carbons (Fsp3) is 0.934. The smallest absolute Gasteiger partial charge is 0.305 e. The summed E-state index contributed by atoms with van der Waals surface area (Å²) in [7, 11) is 0. The highest BCUT2D eigenvalue weighted by molar-refractivity contribution is 5.76. The first-order chi connectivity index (χ1) is 33.0. The van der Waals surface area contributed by atoms with Crippen molar-refractivity contribution in [2.45, 2.75) is 353 Å². The van der Waals surface area contributed by atoms with Gasteiger partial charge in [0.15, 0.2) is 0 Å². The predicted octanol–water partition coefficient (Wildman–Crippen LogP) is 18.9. The summed E-state index contributed by atoms with van der Waals surface area (Å²) in [6, 6.07) is -0.644. The van der Waals surface area contributed by atoms with Gasteiger partial charge in [-0.15, -0.1) is 0 Å². The number of hydrogen-bond donors (Lipinski definition) is 3. The third kappa shape index (κ3) is 53.8. The molecule has 67 heavy (non-hydrogen) atoms. The molecule has 1 amide bonds. The summed E-state index contributed by atoms with van der Waals surface area (Å²) in [5.41, 5.74) is 0. The molecule has 0 radical (unpaired) electrons. The summed E-state index contributed by atoms with van der Waals surface area (Å²) in [6.45, 7) is 4.89. The van der Waals surface area contributed by atoms with Gasteiger partial charge in [-0.3, -0.25) is 9.59 Å². The molecule has 0 aromatic heterocycles. The summed E-state index contributed by atoms with van der Waals surface area (Å²) >= 11 is 0. The average molecular weight is 947 g/mol. The number of esters is 1. The summed E-state index contributed by atoms with van der Waals surface area (Å²) < 4.78 is 5.48. The van der Waals surface area contributed by atoms with Gasteiger partial charge in [-0.25, -0.2) is 0 Å². The number of aliphatic hydroxyl groups is 2. The lowest BCUT2D eigenvalue weighted by Gasteiger charge is -2.20. The van der Waals surface area contributed by atoms with Gasteiger partial charge in [0.25, 0.3) is 0 Å². The minimum atomic E-state index is -0.859. The Morgan fingerprint density at radius 3 is 1.01 bits per heavy atom. The van der Waals surface area contributed by atoms with Crippen LogP contribution in [0.5, 0.6) is 0 Å². The first-order valence-electron chi connectivity index (χ1n) is 30.5. The Morgan fingerprint density at radius 1 is 0.403 bits per heavy atom. The number of hydrogen-bond acceptors (Lipinski definition) is 5. The molecule has 0 aromatic carbocycles. The molecule has 0 fully saturated rings. The van der Waals surface area contributed by atoms with Crippen molar-refractivity contribution < 1.29 is 24.5 Å². The number of ether oxygens (including phenoxy) is 1. The zero-order chi connectivity index (χ0) is 48.6. The third-order valence-corrected chi connectivity index (χ3v) is 14.3. The van der Waals surface area contributed by atoms with Crippen molar-refractivity contribution in [1.82, 2.24) is 5.32 Å². The van der Waals surface area contributed by atoms with Crippen molar-refractivity contribution in [2.75, 3.05) is 13.2 Å². The molecule has 0 aliphatic carbocycles. The molecule has 398 valence electrons. The normalized spacial score (nSPS) is 12.6. The molecule has 2 atom stereocenters. The van der Waals surface area contributed by atoms with E-state index in [9.17, 15) is 19.8 Å². The summed E-state index contributed by atoms with van der Waals surface area (Å²) in [4.78, 5) is 24.6. The average Bonchev–Trinajstić information content (AvgIpc) is 3.33. The van der Waals surface area contributed by atoms with Gasteiger partial charge >= 0.3 is 5.97 Å². The zero-order valence-electron chi connectivity index (χ0n) is 45.4. The zero-order valence-corrected chi connectivity index (χ0v) is 45.4. The minimum absolute atomic E-state index is 0.0157. The van der Waals surface area contributed by atoms with E-state index in [0.717, 1.165) is 57.8 Å². The summed E-state index contributed by atoms with van der Waals surface area (Å²) in [6.07, 6.45) is 68.1. The van der Waals surface area contributed by atoms with E-state index < -0.39 is 12.1 Å². The van der Waals surface area contributed by atoms with Gasteiger partial charge in [0.05, 0.1) is 25.4 Å². The van der Waals surface area contributed by atoms with Crippen LogP contribution in [0.3, 0.4) is 0 Å². The van der Waals surface area contributed by atoms with Crippen molar-refractivity contribution in [1.29, 1.82) is 0 Å². The molecule has 6 heteroatoms. The van der Waals surface area contributed by atoms with E-state index in [1.54, 1.807) is 6.08 Å². The number of carbonyl (C=O) groups is 2. The minimum Gasteiger partial charge on any atom is -0.466 e. The first-order valence-corrected chi connectivity index (χ1v) is 30.5. The van der Waals surface area contributed by atoms with Crippen molar-refractivity contribution >= 4 is 11.9 Å². The van der Waals surface area contributed by atoms with Gasteiger partial charge in [-0.1, -0.05) is 309 Å². The second kappa shape index (κ2) is 57.2. The summed E-state index contributed by atoms with van der Waals surface area (Å²) in [5, 5.41) is 23.2. The van der Waals surface area contributed by atoms with Crippen LogP contribution in [-0.2, 0) is 14.3 Å². The van der Waals surface area contributed by atoms with Gasteiger partial charge in [0, 0.05) is 12.8 Å². The van der Waals surface area contributed by atoms with Gasteiger partial charge in [0.1, 0.15) is 0 Å². The Hall–Kier alpha value is -1.40. The second-order valence-corrected chi connectivity index (χ2v) is 21.0. The van der Waals surface area contributed by atoms with Gasteiger partial charge in [-0.2, -0.15) is 0 Å². The maximum Gasteiger partial charge on any atom is 0.305 e. The van der Waals surface area contributed by atoms with Crippen LogP contribution >= 0.6 is 0 Å². The Morgan fingerprint density at radius 2 is 0.687 bits per heavy atom. The van der Waals surface area contributed by atoms with E-state index in [1.807, 2.05) is 6.08 Å². The summed E-state index contributed by atoms with van der Waals surface area (Å²) in [5.74, 6) is -0.102. The molecule has 0 saturated carbocycles. The molecular weight excluding hydrogens is 827 g/mol. The Bertz CT molecular complexity index is 1000. The van der Waals surface area contributed by atoms with Crippen LogP contribution in [0.2, 0.25) is 0 Å². The molecule has 0 bridgehead atoms. The highest BCUT2D eigenvalue weighted by Gasteiger charge is 2.18. The second-order valence-electron chi connectivity index (χ2n) is 21.0. The number of carbonyl (C=O) groups excluding carboxylic acids is 2. The Kier molecular flexibility index (Phi) is 56.0. The molecule has 3 N–H and O–H groups in total. The van der Waals surface area contributed by atoms with E-state index in [1.165, 1.54) is 257 Å². The molecule has 0 rings (SSSR count). The van der Waals surface area contributed by atoms with Crippen molar-refractivity contribution in [3.63, 3.8) is 0 Å². The van der Waals surface area contributed by atoms with E-state index in [4.69, 9.17) is 4.74 Å². The van der Waals surface area contributed by atoms with Crippen LogP contribution in [0.15, 0.2) is 12.2 Å². The topological polar surface area (TPSA) is 95.9 Å². The Labute approximate surface area is 419 Å². The molecule has 2 unspecified atom stereocenters. The molecule has 0 aromatic rings. The van der Waals surface area contributed by atoms with Gasteiger partial charge < -0.3 is 20.3 Å². The maximum atomic E-state index is 12.5. The Balaban J connectivity index is 3.47. The molecule has 0 saturated heterocycles. The molecule has 0 aliphatic heterocycles. The number of unbranched alkanes of at least 4 members (excludes halogenated alkanes) is 46. The lowest BCUT2D eigenvalue weighted by Crippen LogP contribution is -2.45. The lowest BCUT2D eigenvalue weighted by atomic mass is 10.0. The van der Waals surface area contributed by atoms with Crippen LogP contribution in [0.4, 0.5) is 0 Å². The van der Waals surface area contributed by atoms with E-state index >= 15 is 0 Å². The number of nitrogens with one attached hydrogen (secondary N) is 1. The fourth-order valence-corrected chi connectivity index (χ4v) is 9.64. The van der Waals surface area contributed by atoms with Gasteiger partial charge in [-0.05, 0) is 32.1 Å². The van der Waals surface area contributed by atoms with E-state index in [-0.39, 0.29) is 18.5 Å². The van der Waals surface area contributed by atoms with Crippen molar-refractivity contribution in [3.8, 4) is 0 Å². The highest BCUT2D eigenvalue weighted by Crippen LogP contribution is 2.18. The fourth-order valence-electron chi connectivity index (χ4n) is 9.64. The number of aliphatic hydroxyl groups excluding tert-OH is 2. The number of rotatable bonds is 57. The lowest BCUT2D eigenvalue weighted by molar-refractivity contribution is -0.143. The monoisotopic (exact) mass is 946 g/mol. The number of amides is 1. The largest absolute Gasteiger partial charge is 0.466 e. The maximum absolute atomic E-state index is 12.5. The molecule has 0 spiro atoms. The SMILES string of the molecule is CCCCCCCCCCCCCCCCCCCCCCC/C=C/C(O)C(CO)NC(=O)CCCCCCCCCCCCOC(=O)CCCCCCCCCCCCCCCCCCC. The third-order valence-electron chi connectivity index (χ3n) is 14.3. The van der Waals surface area contributed by atoms with Crippen LogP contribution in [0.25, 0.3) is 0 Å². The standard InChI is InChI=1S/C61H119NO5/c1-3-5-7-9-11-13-15-17-19-21-22-23-24-25-26-28-29-31-33-37-41-45-49-53-59(64)58(57-63)62-60(65)54-50-46-42-38-35-36-40-44-48-52-56-67-61(66)55-51-47-43-39-34-32-30-27-20-18-16-14-12-10-8-6-4-2/h49,53,58-59,63-64H,3-48,50-52,54-57H2,1-2H3,(H,62,65)/b53-49+. The van der Waals surface area contributed by atoms with Crippen molar-refractivity contribution in [2.24, 2.45) is 0 Å². The predicted molar refractivity (Wildman–Crippen MR) is 292 cm³/mol.